The van der Waals surface area contributed by atoms with E-state index in [0.29, 0.717) is 6.61 Å². The van der Waals surface area contributed by atoms with Crippen LogP contribution in [0.25, 0.3) is 0 Å². The van der Waals surface area contributed by atoms with E-state index in [1.54, 1.807) is 6.08 Å². The van der Waals surface area contributed by atoms with Crippen molar-refractivity contribution in [2.75, 3.05) is 13.2 Å². The summed E-state index contributed by atoms with van der Waals surface area (Å²) in [5.74, 6) is 0.938. The summed E-state index contributed by atoms with van der Waals surface area (Å²) in [4.78, 5) is 0. The minimum Gasteiger partial charge on any atom is -1.00 e. The number of halogens is 1. The molecule has 2 nitrogen and oxygen atoms in total. The standard InChI is InChI=1S/C12H17NO.ClH/c1-3-9-14-12-8-6-5-7-11(12)10-13-4-2;/h3,5-8,13H,1,4,9-10H2,2H3;1H/p-1. The summed E-state index contributed by atoms with van der Waals surface area (Å²) in [6, 6.07) is 8.05. The molecule has 1 aromatic rings. The Hall–Kier alpha value is -0.990. The van der Waals surface area contributed by atoms with Gasteiger partial charge >= 0.3 is 0 Å². The molecule has 0 radical (unpaired) electrons. The Balaban J connectivity index is 0.00000196. The lowest BCUT2D eigenvalue weighted by Gasteiger charge is -2.09. The lowest BCUT2D eigenvalue weighted by molar-refractivity contribution is -0.00000336. The van der Waals surface area contributed by atoms with Gasteiger partial charge in [-0.05, 0) is 12.6 Å². The molecule has 0 aliphatic carbocycles. The molecule has 0 saturated heterocycles. The van der Waals surface area contributed by atoms with Crippen molar-refractivity contribution >= 4 is 0 Å². The minimum absolute atomic E-state index is 0. The van der Waals surface area contributed by atoms with Crippen LogP contribution in [-0.2, 0) is 6.54 Å². The zero-order chi connectivity index (χ0) is 10.2. The molecule has 0 heterocycles. The topological polar surface area (TPSA) is 21.3 Å². The highest BCUT2D eigenvalue weighted by Crippen LogP contribution is 2.17. The van der Waals surface area contributed by atoms with Gasteiger partial charge in [-0.15, -0.1) is 0 Å². The molecular weight excluding hydrogens is 210 g/mol. The van der Waals surface area contributed by atoms with Crippen molar-refractivity contribution in [3.05, 3.63) is 42.5 Å². The van der Waals surface area contributed by atoms with Crippen LogP contribution in [-0.4, -0.2) is 13.2 Å². The predicted molar refractivity (Wildman–Crippen MR) is 59.5 cm³/mol. The third kappa shape index (κ3) is 4.86. The highest BCUT2D eigenvalue weighted by molar-refractivity contribution is 5.33. The van der Waals surface area contributed by atoms with Gasteiger partial charge in [-0.25, -0.2) is 0 Å². The van der Waals surface area contributed by atoms with Crippen molar-refractivity contribution in [1.29, 1.82) is 0 Å². The number of benzene rings is 1. The Morgan fingerprint density at radius 1 is 1.40 bits per heavy atom. The lowest BCUT2D eigenvalue weighted by Crippen LogP contribution is -3.00. The fraction of sp³-hybridized carbons (Fsp3) is 0.333. The van der Waals surface area contributed by atoms with Gasteiger partial charge in [0.05, 0.1) is 0 Å². The Morgan fingerprint density at radius 2 is 2.13 bits per heavy atom. The predicted octanol–water partition coefficient (Wildman–Crippen LogP) is -0.635. The van der Waals surface area contributed by atoms with E-state index in [9.17, 15) is 0 Å². The van der Waals surface area contributed by atoms with Crippen molar-refractivity contribution in [3.8, 4) is 5.75 Å². The highest BCUT2D eigenvalue weighted by atomic mass is 35.5. The fourth-order valence-electron chi connectivity index (χ4n) is 1.20. The van der Waals surface area contributed by atoms with Gasteiger partial charge < -0.3 is 22.5 Å². The summed E-state index contributed by atoms with van der Waals surface area (Å²) < 4.78 is 5.53. The number of para-hydroxylation sites is 1. The van der Waals surface area contributed by atoms with E-state index in [-0.39, 0.29) is 12.4 Å². The molecule has 0 aromatic heterocycles. The van der Waals surface area contributed by atoms with E-state index in [1.165, 1.54) is 5.56 Å². The molecule has 0 amide bonds. The summed E-state index contributed by atoms with van der Waals surface area (Å²) in [6.45, 7) is 8.10. The Labute approximate surface area is 97.7 Å². The largest absolute Gasteiger partial charge is 1.00 e. The van der Waals surface area contributed by atoms with Crippen molar-refractivity contribution in [3.63, 3.8) is 0 Å². The molecule has 15 heavy (non-hydrogen) atoms. The van der Waals surface area contributed by atoms with Gasteiger partial charge in [0.25, 0.3) is 0 Å². The van der Waals surface area contributed by atoms with E-state index >= 15 is 0 Å². The van der Waals surface area contributed by atoms with Crippen LogP contribution in [0.3, 0.4) is 0 Å². The Bertz CT molecular complexity index is 289. The highest BCUT2D eigenvalue weighted by Gasteiger charge is 2.00. The van der Waals surface area contributed by atoms with Gasteiger partial charge in [0, 0.05) is 12.1 Å². The van der Waals surface area contributed by atoms with Crippen LogP contribution in [0.5, 0.6) is 5.75 Å². The molecule has 3 heteroatoms. The van der Waals surface area contributed by atoms with Gasteiger partial charge in [-0.1, -0.05) is 37.8 Å². The first-order chi connectivity index (χ1) is 6.88. The molecule has 0 fully saturated rings. The summed E-state index contributed by atoms with van der Waals surface area (Å²) in [5, 5.41) is 3.28. The number of hydrogen-bond donors (Lipinski definition) is 1. The van der Waals surface area contributed by atoms with Crippen LogP contribution >= 0.6 is 0 Å². The molecule has 0 aliphatic heterocycles. The maximum atomic E-state index is 5.53. The normalized spacial score (nSPS) is 9.13. The van der Waals surface area contributed by atoms with Crippen LogP contribution in [0.15, 0.2) is 36.9 Å². The molecule has 0 saturated carbocycles. The monoisotopic (exact) mass is 226 g/mol. The molecular formula is C12H17ClNO-. The quantitative estimate of drug-likeness (QED) is 0.652. The first-order valence-corrected chi connectivity index (χ1v) is 4.90. The molecule has 1 rings (SSSR count). The van der Waals surface area contributed by atoms with Gasteiger partial charge in [-0.2, -0.15) is 0 Å². The summed E-state index contributed by atoms with van der Waals surface area (Å²) in [6.07, 6.45) is 1.75. The summed E-state index contributed by atoms with van der Waals surface area (Å²) in [5.41, 5.74) is 1.19. The average molecular weight is 227 g/mol. The lowest BCUT2D eigenvalue weighted by atomic mass is 10.2. The molecule has 1 aromatic carbocycles. The SMILES string of the molecule is C=CCOc1ccccc1CNCC.[Cl-]. The maximum Gasteiger partial charge on any atom is 0.124 e. The van der Waals surface area contributed by atoms with Crippen LogP contribution in [0.2, 0.25) is 0 Å². The van der Waals surface area contributed by atoms with E-state index in [2.05, 4.69) is 24.9 Å². The Kier molecular flexibility index (Phi) is 7.78. The number of rotatable bonds is 6. The number of ether oxygens (including phenoxy) is 1. The van der Waals surface area contributed by atoms with E-state index in [4.69, 9.17) is 4.74 Å². The first kappa shape index (κ1) is 14.0. The van der Waals surface area contributed by atoms with Crippen LogP contribution in [0, 0.1) is 0 Å². The molecule has 0 aliphatic rings. The molecule has 0 spiro atoms. The van der Waals surface area contributed by atoms with Crippen molar-refractivity contribution in [2.45, 2.75) is 13.5 Å². The number of hydrogen-bond acceptors (Lipinski definition) is 2. The van der Waals surface area contributed by atoms with Crippen LogP contribution in [0.4, 0.5) is 0 Å². The van der Waals surface area contributed by atoms with Gasteiger partial charge in [0.15, 0.2) is 0 Å². The van der Waals surface area contributed by atoms with Crippen molar-refractivity contribution in [2.24, 2.45) is 0 Å². The Morgan fingerprint density at radius 3 is 2.80 bits per heavy atom. The molecule has 84 valence electrons. The third-order valence-corrected chi connectivity index (χ3v) is 1.89. The second-order valence-electron chi connectivity index (χ2n) is 2.99. The second-order valence-corrected chi connectivity index (χ2v) is 2.99. The zero-order valence-corrected chi connectivity index (χ0v) is 9.76. The number of nitrogens with one attached hydrogen (secondary N) is 1. The molecule has 0 unspecified atom stereocenters. The third-order valence-electron chi connectivity index (χ3n) is 1.89. The van der Waals surface area contributed by atoms with E-state index < -0.39 is 0 Å². The minimum atomic E-state index is 0. The van der Waals surface area contributed by atoms with E-state index in [1.807, 2.05) is 18.2 Å². The van der Waals surface area contributed by atoms with Crippen molar-refractivity contribution in [1.82, 2.24) is 5.32 Å². The van der Waals surface area contributed by atoms with Crippen LogP contribution in [0.1, 0.15) is 12.5 Å². The summed E-state index contributed by atoms with van der Waals surface area (Å²) in [7, 11) is 0. The van der Waals surface area contributed by atoms with Gasteiger partial charge in [0.1, 0.15) is 12.4 Å². The first-order valence-electron chi connectivity index (χ1n) is 4.90. The van der Waals surface area contributed by atoms with Crippen molar-refractivity contribution < 1.29 is 17.1 Å². The molecule has 0 bridgehead atoms. The smallest absolute Gasteiger partial charge is 0.124 e. The second kappa shape index (κ2) is 8.33. The fourth-order valence-corrected chi connectivity index (χ4v) is 1.20. The molecule has 0 atom stereocenters. The van der Waals surface area contributed by atoms with E-state index in [0.717, 1.165) is 18.8 Å². The van der Waals surface area contributed by atoms with Gasteiger partial charge in [0.2, 0.25) is 0 Å². The van der Waals surface area contributed by atoms with Gasteiger partial charge in [-0.3, -0.25) is 0 Å². The zero-order valence-electron chi connectivity index (χ0n) is 9.00. The average Bonchev–Trinajstić information content (AvgIpc) is 2.24. The molecule has 1 N–H and O–H groups in total. The summed E-state index contributed by atoms with van der Waals surface area (Å²) >= 11 is 0. The maximum absolute atomic E-state index is 5.53. The van der Waals surface area contributed by atoms with Crippen LogP contribution < -0.4 is 22.5 Å².